The molecule has 6 nitrogen and oxygen atoms in total. The summed E-state index contributed by atoms with van der Waals surface area (Å²) in [7, 11) is 1.68. The highest BCUT2D eigenvalue weighted by Gasteiger charge is 2.37. The van der Waals surface area contributed by atoms with Crippen LogP contribution in [0.5, 0.6) is 0 Å². The van der Waals surface area contributed by atoms with Crippen LogP contribution in [-0.2, 0) is 9.53 Å². The van der Waals surface area contributed by atoms with Gasteiger partial charge in [-0.25, -0.2) is 4.79 Å². The summed E-state index contributed by atoms with van der Waals surface area (Å²) in [5, 5.41) is 9.03. The molecule has 0 spiro atoms. The van der Waals surface area contributed by atoms with E-state index in [1.165, 1.54) is 0 Å². The molecule has 1 N–H and O–H groups in total. The summed E-state index contributed by atoms with van der Waals surface area (Å²) in [6.45, 7) is 4.00. The Balaban J connectivity index is 2.04. The SMILES string of the molecule is COC1(C)CCCN(C(=O)N2CCCCC2CC(=O)O)C1. The lowest BCUT2D eigenvalue weighted by atomic mass is 9.94. The van der Waals surface area contributed by atoms with Crippen LogP contribution in [0.25, 0.3) is 0 Å². The van der Waals surface area contributed by atoms with Crippen LogP contribution in [0.15, 0.2) is 0 Å². The molecule has 2 fully saturated rings. The van der Waals surface area contributed by atoms with Crippen molar-refractivity contribution in [2.24, 2.45) is 0 Å². The number of aliphatic carboxylic acids is 1. The third-order valence-electron chi connectivity index (χ3n) is 4.71. The summed E-state index contributed by atoms with van der Waals surface area (Å²) in [6.07, 6.45) is 4.66. The second-order valence-electron chi connectivity index (χ2n) is 6.40. The minimum absolute atomic E-state index is 0.0241. The molecule has 2 unspecified atom stereocenters. The number of carboxylic acids is 1. The Bertz CT molecular complexity index is 401. The largest absolute Gasteiger partial charge is 0.481 e. The third kappa shape index (κ3) is 3.87. The third-order valence-corrected chi connectivity index (χ3v) is 4.71. The number of amides is 2. The summed E-state index contributed by atoms with van der Waals surface area (Å²) < 4.78 is 5.53. The number of ether oxygens (including phenoxy) is 1. The molecule has 2 aliphatic heterocycles. The highest BCUT2D eigenvalue weighted by Crippen LogP contribution is 2.27. The number of carbonyl (C=O) groups is 2. The van der Waals surface area contributed by atoms with Crippen molar-refractivity contribution < 1.29 is 19.4 Å². The summed E-state index contributed by atoms with van der Waals surface area (Å²) in [5.74, 6) is -0.833. The molecule has 0 aliphatic carbocycles. The lowest BCUT2D eigenvalue weighted by molar-refractivity contribution is -0.138. The maximum Gasteiger partial charge on any atom is 0.320 e. The Hall–Kier alpha value is -1.30. The molecule has 2 amide bonds. The van der Waals surface area contributed by atoms with Crippen LogP contribution in [-0.4, -0.2) is 65.3 Å². The number of likely N-dealkylation sites (tertiary alicyclic amines) is 2. The zero-order chi connectivity index (χ0) is 15.5. The van der Waals surface area contributed by atoms with Crippen molar-refractivity contribution in [3.8, 4) is 0 Å². The van der Waals surface area contributed by atoms with Crippen molar-refractivity contribution in [3.05, 3.63) is 0 Å². The average molecular weight is 298 g/mol. The van der Waals surface area contributed by atoms with Gasteiger partial charge in [0.15, 0.2) is 0 Å². The Labute approximate surface area is 126 Å². The molecule has 0 aromatic carbocycles. The normalized spacial score (nSPS) is 30.3. The quantitative estimate of drug-likeness (QED) is 0.864. The number of urea groups is 1. The molecule has 0 aromatic rings. The summed E-state index contributed by atoms with van der Waals surface area (Å²) in [5.41, 5.74) is -0.286. The van der Waals surface area contributed by atoms with Crippen LogP contribution in [0.1, 0.15) is 45.4 Å². The fourth-order valence-electron chi connectivity index (χ4n) is 3.38. The first kappa shape index (κ1) is 16.1. The Morgan fingerprint density at radius 1 is 1.29 bits per heavy atom. The molecule has 2 saturated heterocycles. The van der Waals surface area contributed by atoms with E-state index in [0.717, 1.165) is 38.6 Å². The van der Waals surface area contributed by atoms with E-state index in [1.807, 2.05) is 11.8 Å². The summed E-state index contributed by atoms with van der Waals surface area (Å²) in [4.78, 5) is 27.3. The maximum absolute atomic E-state index is 12.8. The first-order valence-electron chi connectivity index (χ1n) is 7.78. The molecule has 120 valence electrons. The highest BCUT2D eigenvalue weighted by atomic mass is 16.5. The Morgan fingerprint density at radius 3 is 2.71 bits per heavy atom. The van der Waals surface area contributed by atoms with Gasteiger partial charge in [0.2, 0.25) is 0 Å². The number of hydrogen-bond acceptors (Lipinski definition) is 3. The van der Waals surface area contributed by atoms with Crippen LogP contribution in [0.3, 0.4) is 0 Å². The predicted octanol–water partition coefficient (Wildman–Crippen LogP) is 1.94. The van der Waals surface area contributed by atoms with Crippen molar-refractivity contribution in [3.63, 3.8) is 0 Å². The minimum Gasteiger partial charge on any atom is -0.481 e. The number of nitrogens with zero attached hydrogens (tertiary/aromatic N) is 2. The zero-order valence-electron chi connectivity index (χ0n) is 13.0. The lowest BCUT2D eigenvalue weighted by Gasteiger charge is -2.44. The Kier molecular flexibility index (Phi) is 5.08. The monoisotopic (exact) mass is 298 g/mol. The van der Waals surface area contributed by atoms with Gasteiger partial charge in [0, 0.05) is 26.2 Å². The van der Waals surface area contributed by atoms with Crippen molar-refractivity contribution in [1.29, 1.82) is 0 Å². The van der Waals surface area contributed by atoms with Crippen LogP contribution in [0.2, 0.25) is 0 Å². The lowest BCUT2D eigenvalue weighted by Crippen LogP contribution is -2.56. The second kappa shape index (κ2) is 6.64. The first-order valence-corrected chi connectivity index (χ1v) is 7.78. The van der Waals surface area contributed by atoms with Gasteiger partial charge in [-0.3, -0.25) is 4.79 Å². The molecule has 0 aromatic heterocycles. The molecule has 21 heavy (non-hydrogen) atoms. The molecular formula is C15H26N2O4. The van der Waals surface area contributed by atoms with Gasteiger partial charge < -0.3 is 19.6 Å². The molecule has 0 saturated carbocycles. The van der Waals surface area contributed by atoms with Crippen LogP contribution < -0.4 is 0 Å². The van der Waals surface area contributed by atoms with Gasteiger partial charge in [0.1, 0.15) is 0 Å². The standard InChI is InChI=1S/C15H26N2O4/c1-15(21-2)7-5-8-16(11-15)14(20)17-9-4-3-6-12(17)10-13(18)19/h12H,3-11H2,1-2H3,(H,18,19). The van der Waals surface area contributed by atoms with Crippen molar-refractivity contribution in [1.82, 2.24) is 9.80 Å². The van der Waals surface area contributed by atoms with E-state index in [1.54, 1.807) is 12.0 Å². The average Bonchev–Trinajstić information content (AvgIpc) is 2.46. The summed E-state index contributed by atoms with van der Waals surface area (Å²) in [6, 6.07) is -0.191. The number of hydrogen-bond donors (Lipinski definition) is 1. The molecule has 6 heteroatoms. The molecule has 2 aliphatic rings. The molecule has 0 bridgehead atoms. The van der Waals surface area contributed by atoms with E-state index in [9.17, 15) is 9.59 Å². The van der Waals surface area contributed by atoms with Crippen molar-refractivity contribution in [2.75, 3.05) is 26.7 Å². The van der Waals surface area contributed by atoms with Gasteiger partial charge >= 0.3 is 12.0 Å². The number of rotatable bonds is 3. The van der Waals surface area contributed by atoms with E-state index >= 15 is 0 Å². The Morgan fingerprint density at radius 2 is 2.05 bits per heavy atom. The number of carbonyl (C=O) groups excluding carboxylic acids is 1. The molecule has 2 rings (SSSR count). The van der Waals surface area contributed by atoms with Crippen molar-refractivity contribution >= 4 is 12.0 Å². The first-order chi connectivity index (χ1) is 9.95. The summed E-state index contributed by atoms with van der Waals surface area (Å²) >= 11 is 0. The second-order valence-corrected chi connectivity index (χ2v) is 6.40. The van der Waals surface area contributed by atoms with Gasteiger partial charge in [-0.05, 0) is 39.0 Å². The number of piperidine rings is 2. The highest BCUT2D eigenvalue weighted by molar-refractivity contribution is 5.76. The van der Waals surface area contributed by atoms with Gasteiger partial charge in [-0.1, -0.05) is 0 Å². The molecule has 0 radical (unpaired) electrons. The number of carboxylic acid groups (broad SMARTS) is 1. The van der Waals surface area contributed by atoms with Crippen LogP contribution in [0, 0.1) is 0 Å². The van der Waals surface area contributed by atoms with E-state index in [0.29, 0.717) is 13.1 Å². The minimum atomic E-state index is -0.833. The van der Waals surface area contributed by atoms with E-state index in [4.69, 9.17) is 9.84 Å². The van der Waals surface area contributed by atoms with Crippen LogP contribution in [0.4, 0.5) is 4.79 Å². The van der Waals surface area contributed by atoms with Gasteiger partial charge in [-0.2, -0.15) is 0 Å². The molecular weight excluding hydrogens is 272 g/mol. The fraction of sp³-hybridized carbons (Fsp3) is 0.867. The smallest absolute Gasteiger partial charge is 0.320 e. The molecule has 2 heterocycles. The van der Waals surface area contributed by atoms with Gasteiger partial charge in [-0.15, -0.1) is 0 Å². The van der Waals surface area contributed by atoms with Gasteiger partial charge in [0.05, 0.1) is 18.6 Å². The zero-order valence-corrected chi connectivity index (χ0v) is 13.0. The van der Waals surface area contributed by atoms with E-state index < -0.39 is 5.97 Å². The maximum atomic E-state index is 12.8. The van der Waals surface area contributed by atoms with E-state index in [-0.39, 0.29) is 24.1 Å². The number of methoxy groups -OCH3 is 1. The van der Waals surface area contributed by atoms with Crippen LogP contribution >= 0.6 is 0 Å². The predicted molar refractivity (Wildman–Crippen MR) is 78.2 cm³/mol. The van der Waals surface area contributed by atoms with E-state index in [2.05, 4.69) is 0 Å². The fourth-order valence-corrected chi connectivity index (χ4v) is 3.38. The van der Waals surface area contributed by atoms with Gasteiger partial charge in [0.25, 0.3) is 0 Å². The van der Waals surface area contributed by atoms with Crippen molar-refractivity contribution in [2.45, 2.75) is 57.1 Å². The topological polar surface area (TPSA) is 70.1 Å². The molecule has 2 atom stereocenters.